The highest BCUT2D eigenvalue weighted by Crippen LogP contribution is 2.37. The minimum Gasteiger partial charge on any atom is -0.338 e. The van der Waals surface area contributed by atoms with Crippen LogP contribution in [0.2, 0.25) is 0 Å². The molecule has 1 aromatic heterocycles. The molecule has 0 bridgehead atoms. The van der Waals surface area contributed by atoms with Gasteiger partial charge in [0.25, 0.3) is 0 Å². The third kappa shape index (κ3) is 3.34. The van der Waals surface area contributed by atoms with Gasteiger partial charge in [-0.15, -0.1) is 5.10 Å². The predicted molar refractivity (Wildman–Crippen MR) is 115 cm³/mol. The van der Waals surface area contributed by atoms with Gasteiger partial charge in [0.15, 0.2) is 11.6 Å². The van der Waals surface area contributed by atoms with Gasteiger partial charge in [-0.05, 0) is 42.2 Å². The van der Waals surface area contributed by atoms with Crippen LogP contribution >= 0.6 is 0 Å². The Morgan fingerprint density at radius 2 is 1.41 bits per heavy atom. The van der Waals surface area contributed by atoms with E-state index in [9.17, 15) is 4.79 Å². The van der Waals surface area contributed by atoms with Crippen LogP contribution in [-0.2, 0) is 6.42 Å². The van der Waals surface area contributed by atoms with Gasteiger partial charge in [0.1, 0.15) is 0 Å². The van der Waals surface area contributed by atoms with Crippen molar-refractivity contribution in [1.82, 2.24) is 9.78 Å². The maximum absolute atomic E-state index is 13.2. The van der Waals surface area contributed by atoms with E-state index in [1.807, 2.05) is 83.5 Å². The summed E-state index contributed by atoms with van der Waals surface area (Å²) < 4.78 is 1.92. The number of para-hydroxylation sites is 2. The molecule has 1 atom stereocenters. The molecule has 4 heteroatoms. The van der Waals surface area contributed by atoms with Crippen LogP contribution in [0.4, 0.5) is 11.5 Å². The van der Waals surface area contributed by atoms with Crippen molar-refractivity contribution in [2.24, 2.45) is 0 Å². The summed E-state index contributed by atoms with van der Waals surface area (Å²) in [5, 5.41) is 8.18. The largest absolute Gasteiger partial charge is 0.338 e. The maximum Gasteiger partial charge on any atom is 0.169 e. The van der Waals surface area contributed by atoms with E-state index in [0.717, 1.165) is 23.5 Å². The summed E-state index contributed by atoms with van der Waals surface area (Å²) >= 11 is 0. The maximum atomic E-state index is 13.2. The fourth-order valence-corrected chi connectivity index (χ4v) is 4.06. The monoisotopic (exact) mass is 379 g/mol. The highest BCUT2D eigenvalue weighted by atomic mass is 16.1. The molecule has 142 valence electrons. The van der Waals surface area contributed by atoms with Crippen LogP contribution in [0.1, 0.15) is 34.0 Å². The number of aromatic nitrogens is 2. The van der Waals surface area contributed by atoms with Crippen LogP contribution < -0.4 is 5.32 Å². The number of hydrogen-bond acceptors (Lipinski definition) is 3. The molecule has 0 fully saturated rings. The SMILES string of the molecule is O=C1C[C@@H](c2ccccc2)Cc2c1c(Nc1ccccc1)nn2-c1ccccc1. The normalized spacial score (nSPS) is 15.7. The molecule has 0 saturated heterocycles. The first-order valence-electron chi connectivity index (χ1n) is 9.87. The Labute approximate surface area is 169 Å². The molecule has 1 N–H and O–H groups in total. The summed E-state index contributed by atoms with van der Waals surface area (Å²) in [6.45, 7) is 0. The van der Waals surface area contributed by atoms with E-state index >= 15 is 0 Å². The minimum atomic E-state index is 0.140. The number of carbonyl (C=O) groups is 1. The molecule has 0 aliphatic heterocycles. The van der Waals surface area contributed by atoms with Crippen LogP contribution in [-0.4, -0.2) is 15.6 Å². The molecular formula is C25H21N3O. The number of nitrogens with one attached hydrogen (secondary N) is 1. The topological polar surface area (TPSA) is 46.9 Å². The molecule has 0 unspecified atom stereocenters. The number of rotatable bonds is 4. The average Bonchev–Trinajstić information content (AvgIpc) is 3.14. The number of Topliss-reactive ketones (excluding diaryl/α,β-unsaturated/α-hetero) is 1. The molecule has 5 rings (SSSR count). The lowest BCUT2D eigenvalue weighted by Gasteiger charge is -2.23. The molecule has 0 radical (unpaired) electrons. The first-order valence-corrected chi connectivity index (χ1v) is 9.87. The Hall–Kier alpha value is -3.66. The molecule has 4 nitrogen and oxygen atoms in total. The van der Waals surface area contributed by atoms with Crippen LogP contribution in [0, 0.1) is 0 Å². The third-order valence-electron chi connectivity index (χ3n) is 5.44. The standard InChI is InChI=1S/C25H21N3O/c29-23-17-19(18-10-4-1-5-11-18)16-22-24(23)25(26-20-12-6-2-7-13-20)27-28(22)21-14-8-3-9-15-21/h1-15,19H,16-17H2,(H,26,27)/t19-/m0/s1. The highest BCUT2D eigenvalue weighted by molar-refractivity contribution is 6.03. The van der Waals surface area contributed by atoms with Crippen molar-refractivity contribution in [2.75, 3.05) is 5.32 Å². The first kappa shape index (κ1) is 17.4. The summed E-state index contributed by atoms with van der Waals surface area (Å²) in [5.41, 5.74) is 4.77. The first-order chi connectivity index (χ1) is 14.3. The van der Waals surface area contributed by atoms with E-state index in [1.54, 1.807) is 0 Å². The second kappa shape index (κ2) is 7.40. The molecule has 1 aliphatic carbocycles. The zero-order valence-corrected chi connectivity index (χ0v) is 16.0. The van der Waals surface area contributed by atoms with E-state index in [1.165, 1.54) is 5.56 Å². The van der Waals surface area contributed by atoms with Crippen LogP contribution in [0.3, 0.4) is 0 Å². The average molecular weight is 379 g/mol. The molecule has 4 aromatic rings. The molecular weight excluding hydrogens is 358 g/mol. The van der Waals surface area contributed by atoms with Crippen molar-refractivity contribution in [1.29, 1.82) is 0 Å². The Kier molecular flexibility index (Phi) is 4.45. The van der Waals surface area contributed by atoms with E-state index in [-0.39, 0.29) is 11.7 Å². The third-order valence-corrected chi connectivity index (χ3v) is 5.44. The fraction of sp³-hybridized carbons (Fsp3) is 0.120. The molecule has 3 aromatic carbocycles. The Morgan fingerprint density at radius 1 is 0.793 bits per heavy atom. The van der Waals surface area contributed by atoms with Gasteiger partial charge in [0.2, 0.25) is 0 Å². The molecule has 0 amide bonds. The van der Waals surface area contributed by atoms with E-state index in [0.29, 0.717) is 17.8 Å². The molecule has 29 heavy (non-hydrogen) atoms. The lowest BCUT2D eigenvalue weighted by Crippen LogP contribution is -2.20. The van der Waals surface area contributed by atoms with Crippen molar-refractivity contribution < 1.29 is 4.79 Å². The van der Waals surface area contributed by atoms with Crippen LogP contribution in [0.15, 0.2) is 91.0 Å². The Morgan fingerprint density at radius 3 is 2.10 bits per heavy atom. The summed E-state index contributed by atoms with van der Waals surface area (Å²) in [4.78, 5) is 13.2. The number of hydrogen-bond donors (Lipinski definition) is 1. The Bertz CT molecular complexity index is 1130. The van der Waals surface area contributed by atoms with Crippen molar-refractivity contribution in [2.45, 2.75) is 18.8 Å². The van der Waals surface area contributed by atoms with Crippen LogP contribution in [0.25, 0.3) is 5.69 Å². The molecule has 0 spiro atoms. The van der Waals surface area contributed by atoms with E-state index in [4.69, 9.17) is 5.10 Å². The minimum absolute atomic E-state index is 0.140. The van der Waals surface area contributed by atoms with Crippen LogP contribution in [0.5, 0.6) is 0 Å². The summed E-state index contributed by atoms with van der Waals surface area (Å²) in [6, 6.07) is 30.2. The predicted octanol–water partition coefficient (Wildman–Crippen LogP) is 5.53. The lowest BCUT2D eigenvalue weighted by atomic mass is 9.82. The zero-order valence-electron chi connectivity index (χ0n) is 16.0. The number of ketones is 1. The summed E-state index contributed by atoms with van der Waals surface area (Å²) in [5.74, 6) is 0.937. The van der Waals surface area contributed by atoms with Gasteiger partial charge in [0.05, 0.1) is 16.9 Å². The number of fused-ring (bicyclic) bond motifs is 1. The lowest BCUT2D eigenvalue weighted by molar-refractivity contribution is 0.0964. The quantitative estimate of drug-likeness (QED) is 0.507. The van der Waals surface area contributed by atoms with Gasteiger partial charge in [-0.1, -0.05) is 66.7 Å². The van der Waals surface area contributed by atoms with Gasteiger partial charge >= 0.3 is 0 Å². The smallest absolute Gasteiger partial charge is 0.169 e. The number of nitrogens with zero attached hydrogens (tertiary/aromatic N) is 2. The van der Waals surface area contributed by atoms with Crippen molar-refractivity contribution in [3.8, 4) is 5.69 Å². The Balaban J connectivity index is 1.61. The van der Waals surface area contributed by atoms with Gasteiger partial charge in [0, 0.05) is 12.1 Å². The van der Waals surface area contributed by atoms with Crippen molar-refractivity contribution >= 4 is 17.3 Å². The molecule has 0 saturated carbocycles. The van der Waals surface area contributed by atoms with Gasteiger partial charge < -0.3 is 5.32 Å². The van der Waals surface area contributed by atoms with Gasteiger partial charge in [-0.25, -0.2) is 4.68 Å². The summed E-state index contributed by atoms with van der Waals surface area (Å²) in [6.07, 6.45) is 1.28. The fourth-order valence-electron chi connectivity index (χ4n) is 4.06. The van der Waals surface area contributed by atoms with Crippen molar-refractivity contribution in [3.63, 3.8) is 0 Å². The zero-order chi connectivity index (χ0) is 19.6. The summed E-state index contributed by atoms with van der Waals surface area (Å²) in [7, 11) is 0. The number of carbonyl (C=O) groups excluding carboxylic acids is 1. The highest BCUT2D eigenvalue weighted by Gasteiger charge is 2.33. The number of anilines is 2. The van der Waals surface area contributed by atoms with E-state index < -0.39 is 0 Å². The molecule has 1 heterocycles. The van der Waals surface area contributed by atoms with Gasteiger partial charge in [-0.2, -0.15) is 0 Å². The van der Waals surface area contributed by atoms with Gasteiger partial charge in [-0.3, -0.25) is 4.79 Å². The molecule has 1 aliphatic rings. The second-order valence-electron chi connectivity index (χ2n) is 7.35. The van der Waals surface area contributed by atoms with E-state index in [2.05, 4.69) is 17.4 Å². The van der Waals surface area contributed by atoms with Crippen molar-refractivity contribution in [3.05, 3.63) is 108 Å². The number of benzene rings is 3. The second-order valence-corrected chi connectivity index (χ2v) is 7.35.